The maximum Gasteiger partial charge on any atom is 0.341 e. The van der Waals surface area contributed by atoms with Gasteiger partial charge in [-0.1, -0.05) is 6.07 Å². The first-order chi connectivity index (χ1) is 6.70. The molecule has 76 valence electrons. The molecule has 14 heavy (non-hydrogen) atoms. The summed E-state index contributed by atoms with van der Waals surface area (Å²) in [7, 11) is 0. The van der Waals surface area contributed by atoms with E-state index < -0.39 is 11.8 Å². The lowest BCUT2D eigenvalue weighted by Gasteiger charge is -2.05. The highest BCUT2D eigenvalue weighted by Gasteiger charge is 2.14. The number of ether oxygens (including phenoxy) is 1. The van der Waals surface area contributed by atoms with Gasteiger partial charge in [-0.15, -0.1) is 11.8 Å². The molecule has 0 heterocycles. The van der Waals surface area contributed by atoms with E-state index >= 15 is 0 Å². The zero-order chi connectivity index (χ0) is 10.6. The second-order valence-electron chi connectivity index (χ2n) is 2.54. The predicted octanol–water partition coefficient (Wildman–Crippen LogP) is 2.72. The van der Waals surface area contributed by atoms with Crippen LogP contribution in [0.5, 0.6) is 0 Å². The van der Waals surface area contributed by atoms with Crippen molar-refractivity contribution in [2.75, 3.05) is 12.9 Å². The quantitative estimate of drug-likeness (QED) is 0.571. The molecule has 0 atom stereocenters. The van der Waals surface area contributed by atoms with Crippen LogP contribution in [0.4, 0.5) is 4.39 Å². The Hall–Kier alpha value is -1.03. The number of halogens is 1. The standard InChI is InChI=1S/C10H11FO2S/c1-3-13-10(12)7-5-4-6-8(14-2)9(7)11/h4-6H,3H2,1-2H3. The van der Waals surface area contributed by atoms with Crippen LogP contribution in [0.15, 0.2) is 23.1 Å². The van der Waals surface area contributed by atoms with E-state index in [0.717, 1.165) is 0 Å². The fraction of sp³-hybridized carbons (Fsp3) is 0.300. The van der Waals surface area contributed by atoms with Crippen LogP contribution in [-0.2, 0) is 4.74 Å². The molecule has 1 aromatic rings. The highest BCUT2D eigenvalue weighted by Crippen LogP contribution is 2.22. The number of esters is 1. The number of carbonyl (C=O) groups is 1. The Balaban J connectivity index is 3.03. The molecule has 0 spiro atoms. The highest BCUT2D eigenvalue weighted by atomic mass is 32.2. The number of hydrogen-bond donors (Lipinski definition) is 0. The molecule has 0 radical (unpaired) electrons. The Morgan fingerprint density at radius 2 is 2.29 bits per heavy atom. The molecule has 0 unspecified atom stereocenters. The fourth-order valence-corrected chi connectivity index (χ4v) is 1.54. The van der Waals surface area contributed by atoms with Gasteiger partial charge >= 0.3 is 5.97 Å². The number of rotatable bonds is 3. The van der Waals surface area contributed by atoms with E-state index in [1.807, 2.05) is 0 Å². The minimum absolute atomic E-state index is 0.00120. The summed E-state index contributed by atoms with van der Waals surface area (Å²) < 4.78 is 18.2. The van der Waals surface area contributed by atoms with Crippen molar-refractivity contribution in [3.05, 3.63) is 29.6 Å². The Labute approximate surface area is 86.5 Å². The van der Waals surface area contributed by atoms with Gasteiger partial charge in [0.2, 0.25) is 0 Å². The molecular weight excluding hydrogens is 203 g/mol. The van der Waals surface area contributed by atoms with E-state index in [1.54, 1.807) is 25.3 Å². The van der Waals surface area contributed by atoms with Crippen LogP contribution < -0.4 is 0 Å². The Morgan fingerprint density at radius 1 is 1.57 bits per heavy atom. The van der Waals surface area contributed by atoms with Crippen LogP contribution in [0.3, 0.4) is 0 Å². The molecule has 0 bridgehead atoms. The second-order valence-corrected chi connectivity index (χ2v) is 3.39. The SMILES string of the molecule is CCOC(=O)c1cccc(SC)c1F. The third kappa shape index (κ3) is 2.26. The van der Waals surface area contributed by atoms with Crippen molar-refractivity contribution < 1.29 is 13.9 Å². The zero-order valence-corrected chi connectivity index (χ0v) is 8.86. The van der Waals surface area contributed by atoms with Crippen molar-refractivity contribution in [2.24, 2.45) is 0 Å². The molecular formula is C10H11FO2S. The third-order valence-corrected chi connectivity index (χ3v) is 2.43. The van der Waals surface area contributed by atoms with Gasteiger partial charge in [0.1, 0.15) is 0 Å². The van der Waals surface area contributed by atoms with Gasteiger partial charge in [-0.25, -0.2) is 9.18 Å². The van der Waals surface area contributed by atoms with Gasteiger partial charge in [-0.3, -0.25) is 0 Å². The maximum atomic E-state index is 13.5. The Kier molecular flexibility index (Phi) is 3.95. The number of hydrogen-bond acceptors (Lipinski definition) is 3. The first kappa shape index (κ1) is 11.0. The van der Waals surface area contributed by atoms with Crippen LogP contribution in [-0.4, -0.2) is 18.8 Å². The van der Waals surface area contributed by atoms with E-state index in [4.69, 9.17) is 4.74 Å². The molecule has 0 saturated heterocycles. The lowest BCUT2D eigenvalue weighted by Crippen LogP contribution is -2.07. The molecule has 0 fully saturated rings. The normalized spacial score (nSPS) is 9.93. The molecule has 2 nitrogen and oxygen atoms in total. The first-order valence-electron chi connectivity index (χ1n) is 4.20. The summed E-state index contributed by atoms with van der Waals surface area (Å²) >= 11 is 1.26. The molecule has 0 aliphatic heterocycles. The Bertz CT molecular complexity index is 339. The monoisotopic (exact) mass is 214 g/mol. The van der Waals surface area contributed by atoms with Crippen LogP contribution in [0.1, 0.15) is 17.3 Å². The van der Waals surface area contributed by atoms with Crippen molar-refractivity contribution in [1.82, 2.24) is 0 Å². The second kappa shape index (κ2) is 5.00. The summed E-state index contributed by atoms with van der Waals surface area (Å²) in [6, 6.07) is 4.69. The smallest absolute Gasteiger partial charge is 0.341 e. The largest absolute Gasteiger partial charge is 0.462 e. The zero-order valence-electron chi connectivity index (χ0n) is 8.04. The fourth-order valence-electron chi connectivity index (χ4n) is 1.03. The third-order valence-electron chi connectivity index (χ3n) is 1.68. The van der Waals surface area contributed by atoms with E-state index in [-0.39, 0.29) is 12.2 Å². The van der Waals surface area contributed by atoms with Gasteiger partial charge in [0.05, 0.1) is 12.2 Å². The van der Waals surface area contributed by atoms with Crippen molar-refractivity contribution in [2.45, 2.75) is 11.8 Å². The minimum Gasteiger partial charge on any atom is -0.462 e. The summed E-state index contributed by atoms with van der Waals surface area (Å²) in [5.74, 6) is -1.11. The number of thioether (sulfide) groups is 1. The minimum atomic E-state index is -0.610. The van der Waals surface area contributed by atoms with Crippen molar-refractivity contribution >= 4 is 17.7 Å². The van der Waals surface area contributed by atoms with Gasteiger partial charge in [0.15, 0.2) is 5.82 Å². The molecule has 0 aromatic heterocycles. The van der Waals surface area contributed by atoms with Gasteiger partial charge in [0.25, 0.3) is 0 Å². The van der Waals surface area contributed by atoms with E-state index in [2.05, 4.69) is 0 Å². The first-order valence-corrected chi connectivity index (χ1v) is 5.42. The topological polar surface area (TPSA) is 26.3 Å². The van der Waals surface area contributed by atoms with Crippen LogP contribution >= 0.6 is 11.8 Å². The summed E-state index contributed by atoms with van der Waals surface area (Å²) in [5, 5.41) is 0. The van der Waals surface area contributed by atoms with Crippen molar-refractivity contribution in [3.63, 3.8) is 0 Å². The highest BCUT2D eigenvalue weighted by molar-refractivity contribution is 7.98. The molecule has 0 N–H and O–H groups in total. The molecule has 1 rings (SSSR count). The van der Waals surface area contributed by atoms with Crippen LogP contribution in [0.25, 0.3) is 0 Å². The molecule has 0 aliphatic rings. The van der Waals surface area contributed by atoms with Gasteiger partial charge in [0, 0.05) is 4.90 Å². The van der Waals surface area contributed by atoms with Gasteiger partial charge in [-0.05, 0) is 25.3 Å². The van der Waals surface area contributed by atoms with Crippen LogP contribution in [0, 0.1) is 5.82 Å². The van der Waals surface area contributed by atoms with E-state index in [9.17, 15) is 9.18 Å². The summed E-state index contributed by atoms with van der Waals surface area (Å²) in [4.78, 5) is 11.7. The molecule has 1 aromatic carbocycles. The molecule has 4 heteroatoms. The molecule has 0 aliphatic carbocycles. The maximum absolute atomic E-state index is 13.5. The average molecular weight is 214 g/mol. The average Bonchev–Trinajstić information content (AvgIpc) is 2.18. The number of benzene rings is 1. The number of carbonyl (C=O) groups excluding carboxylic acids is 1. The van der Waals surface area contributed by atoms with E-state index in [0.29, 0.717) is 4.90 Å². The van der Waals surface area contributed by atoms with Gasteiger partial charge < -0.3 is 4.74 Å². The Morgan fingerprint density at radius 3 is 2.86 bits per heavy atom. The van der Waals surface area contributed by atoms with Gasteiger partial charge in [-0.2, -0.15) is 0 Å². The summed E-state index contributed by atoms with van der Waals surface area (Å²) in [6.07, 6.45) is 1.76. The lowest BCUT2D eigenvalue weighted by atomic mass is 10.2. The summed E-state index contributed by atoms with van der Waals surface area (Å²) in [6.45, 7) is 1.94. The van der Waals surface area contributed by atoms with Crippen LogP contribution in [0.2, 0.25) is 0 Å². The summed E-state index contributed by atoms with van der Waals surface area (Å²) in [5.41, 5.74) is -0.00120. The van der Waals surface area contributed by atoms with Crippen molar-refractivity contribution in [3.8, 4) is 0 Å². The van der Waals surface area contributed by atoms with Crippen molar-refractivity contribution in [1.29, 1.82) is 0 Å². The molecule has 0 saturated carbocycles. The molecule has 0 amide bonds. The lowest BCUT2D eigenvalue weighted by molar-refractivity contribution is 0.0520. The predicted molar refractivity (Wildman–Crippen MR) is 54.1 cm³/mol. The van der Waals surface area contributed by atoms with E-state index in [1.165, 1.54) is 17.8 Å².